The van der Waals surface area contributed by atoms with E-state index in [4.69, 9.17) is 5.11 Å². The number of aliphatic carboxylic acids is 1. The Kier molecular flexibility index (Phi) is 3.91. The molecule has 1 aliphatic rings. The molecule has 2 N–H and O–H groups in total. The number of carbonyl (C=O) groups is 1. The zero-order valence-corrected chi connectivity index (χ0v) is 11.5. The van der Waals surface area contributed by atoms with Crippen LogP contribution in [0, 0.1) is 0 Å². The minimum Gasteiger partial charge on any atom is -0.480 e. The van der Waals surface area contributed by atoms with E-state index in [1.165, 1.54) is 6.20 Å². The first kappa shape index (κ1) is 14.0. The Morgan fingerprint density at radius 2 is 2.32 bits per heavy atom. The smallest absolute Gasteiger partial charge is 0.322 e. The lowest BCUT2D eigenvalue weighted by molar-refractivity contribution is -0.142. The summed E-state index contributed by atoms with van der Waals surface area (Å²) in [5.74, 6) is -0.527. The number of hydrogen-bond acceptors (Lipinski definition) is 4. The summed E-state index contributed by atoms with van der Waals surface area (Å²) in [5, 5.41) is 9.11. The van der Waals surface area contributed by atoms with Crippen molar-refractivity contribution in [2.24, 2.45) is 0 Å². The van der Waals surface area contributed by atoms with Crippen molar-refractivity contribution in [2.45, 2.75) is 43.7 Å². The number of carboxylic acids is 1. The number of aromatic nitrogens is 2. The zero-order valence-electron chi connectivity index (χ0n) is 10.7. The Morgan fingerprint density at radius 3 is 2.89 bits per heavy atom. The Morgan fingerprint density at radius 1 is 1.58 bits per heavy atom. The van der Waals surface area contributed by atoms with Gasteiger partial charge in [0.15, 0.2) is 5.03 Å². The Bertz CT molecular complexity index is 566. The van der Waals surface area contributed by atoms with E-state index in [0.29, 0.717) is 25.1 Å². The maximum Gasteiger partial charge on any atom is 0.322 e. The van der Waals surface area contributed by atoms with Crippen molar-refractivity contribution in [3.8, 4) is 0 Å². The fourth-order valence-corrected chi connectivity index (χ4v) is 3.81. The Balaban J connectivity index is 2.34. The second-order valence-corrected chi connectivity index (χ2v) is 6.37. The molecule has 0 amide bonds. The SMILES string of the molecule is CCc1ncc(S(=O)(=O)N2CCCC[C@@H]2C(=O)O)[nH]1. The van der Waals surface area contributed by atoms with Gasteiger partial charge in [0, 0.05) is 13.0 Å². The monoisotopic (exact) mass is 287 g/mol. The van der Waals surface area contributed by atoms with Crippen LogP contribution in [-0.4, -0.2) is 46.4 Å². The minimum atomic E-state index is -3.81. The molecule has 1 fully saturated rings. The number of hydrogen-bond donors (Lipinski definition) is 2. The van der Waals surface area contributed by atoms with E-state index in [-0.39, 0.29) is 11.6 Å². The summed E-state index contributed by atoms with van der Waals surface area (Å²) < 4.78 is 25.9. The molecule has 0 spiro atoms. The third-order valence-electron chi connectivity index (χ3n) is 3.27. The molecule has 0 aliphatic carbocycles. The summed E-state index contributed by atoms with van der Waals surface area (Å²) in [4.78, 5) is 17.9. The average molecular weight is 287 g/mol. The molecule has 2 rings (SSSR count). The number of aryl methyl sites for hydroxylation is 1. The van der Waals surface area contributed by atoms with Crippen molar-refractivity contribution in [3.63, 3.8) is 0 Å². The summed E-state index contributed by atoms with van der Waals surface area (Å²) in [6, 6.07) is -0.980. The van der Waals surface area contributed by atoms with E-state index in [1.807, 2.05) is 6.92 Å². The highest BCUT2D eigenvalue weighted by Crippen LogP contribution is 2.24. The second kappa shape index (κ2) is 5.30. The molecule has 1 atom stereocenters. The maximum atomic E-state index is 12.4. The minimum absolute atomic E-state index is 0.0301. The van der Waals surface area contributed by atoms with Crippen LogP contribution in [0.1, 0.15) is 32.0 Å². The summed E-state index contributed by atoms with van der Waals surface area (Å²) in [7, 11) is -3.81. The number of aromatic amines is 1. The molecule has 0 bridgehead atoms. The number of imidazole rings is 1. The number of carboxylic acid groups (broad SMARTS) is 1. The van der Waals surface area contributed by atoms with E-state index < -0.39 is 22.0 Å². The summed E-state index contributed by atoms with van der Waals surface area (Å²) in [6.45, 7) is 2.09. The van der Waals surface area contributed by atoms with Crippen LogP contribution in [0.5, 0.6) is 0 Å². The Labute approximate surface area is 111 Å². The van der Waals surface area contributed by atoms with Gasteiger partial charge in [-0.25, -0.2) is 13.4 Å². The molecule has 19 heavy (non-hydrogen) atoms. The van der Waals surface area contributed by atoms with Crippen LogP contribution in [-0.2, 0) is 21.2 Å². The van der Waals surface area contributed by atoms with Gasteiger partial charge in [-0.1, -0.05) is 6.92 Å². The van der Waals surface area contributed by atoms with Gasteiger partial charge >= 0.3 is 5.97 Å². The van der Waals surface area contributed by atoms with Crippen molar-refractivity contribution in [3.05, 3.63) is 12.0 Å². The lowest BCUT2D eigenvalue weighted by Gasteiger charge is -2.31. The maximum absolute atomic E-state index is 12.4. The van der Waals surface area contributed by atoms with Crippen LogP contribution in [0.4, 0.5) is 0 Å². The molecule has 1 aliphatic heterocycles. The van der Waals surface area contributed by atoms with Gasteiger partial charge in [0.25, 0.3) is 10.0 Å². The molecule has 1 aromatic rings. The first-order valence-electron chi connectivity index (χ1n) is 6.25. The topological polar surface area (TPSA) is 103 Å². The van der Waals surface area contributed by atoms with Crippen molar-refractivity contribution in [2.75, 3.05) is 6.54 Å². The molecular weight excluding hydrogens is 270 g/mol. The first-order valence-corrected chi connectivity index (χ1v) is 7.69. The molecule has 0 unspecified atom stereocenters. The largest absolute Gasteiger partial charge is 0.480 e. The predicted octanol–water partition coefficient (Wildman–Crippen LogP) is 0.600. The van der Waals surface area contributed by atoms with E-state index in [1.54, 1.807) is 0 Å². The number of nitrogens with zero attached hydrogens (tertiary/aromatic N) is 2. The fraction of sp³-hybridized carbons (Fsp3) is 0.636. The number of sulfonamides is 1. The molecule has 1 aromatic heterocycles. The highest BCUT2D eigenvalue weighted by molar-refractivity contribution is 7.89. The van der Waals surface area contributed by atoms with E-state index >= 15 is 0 Å². The van der Waals surface area contributed by atoms with Crippen LogP contribution < -0.4 is 0 Å². The molecule has 0 aromatic carbocycles. The van der Waals surface area contributed by atoms with Crippen LogP contribution in [0.15, 0.2) is 11.2 Å². The van der Waals surface area contributed by atoms with Gasteiger partial charge in [-0.15, -0.1) is 0 Å². The first-order chi connectivity index (χ1) is 8.96. The fourth-order valence-electron chi connectivity index (χ4n) is 2.22. The van der Waals surface area contributed by atoms with Gasteiger partial charge in [-0.05, 0) is 19.3 Å². The molecule has 1 saturated heterocycles. The normalized spacial score (nSPS) is 21.4. The van der Waals surface area contributed by atoms with Crippen molar-refractivity contribution in [1.82, 2.24) is 14.3 Å². The highest BCUT2D eigenvalue weighted by Gasteiger charge is 2.38. The Hall–Kier alpha value is -1.41. The molecule has 106 valence electrons. The van der Waals surface area contributed by atoms with Crippen LogP contribution in [0.2, 0.25) is 0 Å². The third kappa shape index (κ3) is 2.64. The number of rotatable bonds is 4. The van der Waals surface area contributed by atoms with Crippen molar-refractivity contribution >= 4 is 16.0 Å². The standard InChI is InChI=1S/C11H17N3O4S/c1-2-9-12-7-10(13-9)19(17,18)14-6-4-3-5-8(14)11(15)16/h7-8H,2-6H2,1H3,(H,12,13)(H,15,16)/t8-/m1/s1. The summed E-state index contributed by atoms with van der Waals surface area (Å²) >= 11 is 0. The van der Waals surface area contributed by atoms with E-state index in [2.05, 4.69) is 9.97 Å². The van der Waals surface area contributed by atoms with E-state index in [9.17, 15) is 13.2 Å². The highest BCUT2D eigenvalue weighted by atomic mass is 32.2. The van der Waals surface area contributed by atoms with Gasteiger partial charge in [0.05, 0.1) is 6.20 Å². The number of H-pyrrole nitrogens is 1. The molecule has 7 nitrogen and oxygen atoms in total. The predicted molar refractivity (Wildman–Crippen MR) is 67.1 cm³/mol. The molecule has 8 heteroatoms. The van der Waals surface area contributed by atoms with Gasteiger partial charge < -0.3 is 10.1 Å². The molecule has 0 saturated carbocycles. The van der Waals surface area contributed by atoms with Gasteiger partial charge in [-0.2, -0.15) is 4.31 Å². The lowest BCUT2D eigenvalue weighted by atomic mass is 10.1. The quantitative estimate of drug-likeness (QED) is 0.844. The van der Waals surface area contributed by atoms with Crippen LogP contribution in [0.25, 0.3) is 0 Å². The van der Waals surface area contributed by atoms with Crippen molar-refractivity contribution < 1.29 is 18.3 Å². The average Bonchev–Trinajstić information content (AvgIpc) is 2.88. The third-order valence-corrected chi connectivity index (χ3v) is 5.08. The number of nitrogens with one attached hydrogen (secondary N) is 1. The van der Waals surface area contributed by atoms with E-state index in [0.717, 1.165) is 10.7 Å². The van der Waals surface area contributed by atoms with Crippen molar-refractivity contribution in [1.29, 1.82) is 0 Å². The molecule has 0 radical (unpaired) electrons. The van der Waals surface area contributed by atoms with Gasteiger partial charge in [-0.3, -0.25) is 4.79 Å². The second-order valence-electron chi connectivity index (χ2n) is 4.51. The number of piperidine rings is 1. The zero-order chi connectivity index (χ0) is 14.0. The van der Waals surface area contributed by atoms with Gasteiger partial charge in [0.2, 0.25) is 0 Å². The molecule has 2 heterocycles. The van der Waals surface area contributed by atoms with Crippen LogP contribution >= 0.6 is 0 Å². The lowest BCUT2D eigenvalue weighted by Crippen LogP contribution is -2.47. The van der Waals surface area contributed by atoms with Gasteiger partial charge in [0.1, 0.15) is 11.9 Å². The summed E-state index contributed by atoms with van der Waals surface area (Å²) in [6.07, 6.45) is 3.60. The van der Waals surface area contributed by atoms with Crippen LogP contribution in [0.3, 0.4) is 0 Å². The molecular formula is C11H17N3O4S. The summed E-state index contributed by atoms with van der Waals surface area (Å²) in [5.41, 5.74) is 0.